The standard InChI is InChI=1S/C33H53NO15/c1-38-31(35)28-49-27-26-48-25-24-47-23-22-46-21-20-45-19-18-44-17-16-43-15-14-42-13-12-41-11-10-40-9-8-39-7-6-34-32(36)29-4-2-3-5-30(29)33(34)37/h2-5H,6-28H2,1H3. The van der Waals surface area contributed by atoms with E-state index in [1.165, 1.54) is 12.0 Å². The van der Waals surface area contributed by atoms with Crippen LogP contribution in [0.4, 0.5) is 0 Å². The summed E-state index contributed by atoms with van der Waals surface area (Å²) in [5.74, 6) is -0.978. The maximum absolute atomic E-state index is 12.3. The van der Waals surface area contributed by atoms with Crippen LogP contribution in [0.1, 0.15) is 20.7 Å². The number of hydrogen-bond acceptors (Lipinski definition) is 15. The van der Waals surface area contributed by atoms with Gasteiger partial charge in [-0.2, -0.15) is 0 Å². The lowest BCUT2D eigenvalue weighted by Gasteiger charge is -2.13. The number of methoxy groups -OCH3 is 1. The van der Waals surface area contributed by atoms with Gasteiger partial charge in [0.2, 0.25) is 0 Å². The summed E-state index contributed by atoms with van der Waals surface area (Å²) in [6, 6.07) is 6.80. The molecule has 0 N–H and O–H groups in total. The van der Waals surface area contributed by atoms with Gasteiger partial charge >= 0.3 is 5.97 Å². The first kappa shape index (κ1) is 42.6. The van der Waals surface area contributed by atoms with E-state index < -0.39 is 5.97 Å². The molecule has 1 aromatic rings. The third kappa shape index (κ3) is 21.3. The monoisotopic (exact) mass is 703 g/mol. The second-order valence-corrected chi connectivity index (χ2v) is 10.1. The molecular formula is C33H53NO15. The quantitative estimate of drug-likeness (QED) is 0.0549. The van der Waals surface area contributed by atoms with Gasteiger partial charge in [-0.05, 0) is 12.1 Å². The number of hydrogen-bond donors (Lipinski definition) is 0. The van der Waals surface area contributed by atoms with Crippen molar-refractivity contribution in [3.8, 4) is 0 Å². The molecule has 49 heavy (non-hydrogen) atoms. The van der Waals surface area contributed by atoms with Crippen molar-refractivity contribution in [2.45, 2.75) is 0 Å². The Labute approximate surface area is 288 Å². The van der Waals surface area contributed by atoms with Gasteiger partial charge in [-0.3, -0.25) is 14.5 Å². The smallest absolute Gasteiger partial charge is 0.331 e. The molecule has 0 spiro atoms. The Hall–Kier alpha value is -2.61. The molecule has 0 saturated heterocycles. The molecule has 0 fully saturated rings. The van der Waals surface area contributed by atoms with Crippen LogP contribution in [-0.2, 0) is 61.6 Å². The topological polar surface area (TPSA) is 165 Å². The first-order valence-electron chi connectivity index (χ1n) is 16.5. The molecule has 1 aliphatic heterocycles. The van der Waals surface area contributed by atoms with Gasteiger partial charge in [0.25, 0.3) is 11.8 Å². The van der Waals surface area contributed by atoms with E-state index in [-0.39, 0.29) is 31.6 Å². The van der Waals surface area contributed by atoms with E-state index in [4.69, 9.17) is 52.1 Å². The van der Waals surface area contributed by atoms with Crippen molar-refractivity contribution in [2.24, 2.45) is 0 Å². The lowest BCUT2D eigenvalue weighted by atomic mass is 10.1. The van der Waals surface area contributed by atoms with E-state index in [1.807, 2.05) is 0 Å². The Morgan fingerprint density at radius 3 is 1.00 bits per heavy atom. The highest BCUT2D eigenvalue weighted by molar-refractivity contribution is 6.21. The Morgan fingerprint density at radius 2 is 0.714 bits per heavy atom. The molecule has 2 rings (SSSR count). The summed E-state index contributed by atoms with van der Waals surface area (Å²) in [6.07, 6.45) is 0. The zero-order chi connectivity index (χ0) is 35.0. The van der Waals surface area contributed by atoms with Crippen LogP contribution < -0.4 is 0 Å². The van der Waals surface area contributed by atoms with E-state index >= 15 is 0 Å². The number of esters is 1. The maximum Gasteiger partial charge on any atom is 0.331 e. The highest BCUT2D eigenvalue weighted by atomic mass is 16.6. The van der Waals surface area contributed by atoms with Crippen LogP contribution in [0.3, 0.4) is 0 Å². The lowest BCUT2D eigenvalue weighted by Crippen LogP contribution is -2.33. The van der Waals surface area contributed by atoms with Gasteiger partial charge < -0.3 is 56.8 Å². The highest BCUT2D eigenvalue weighted by Gasteiger charge is 2.34. The van der Waals surface area contributed by atoms with Crippen molar-refractivity contribution in [2.75, 3.05) is 159 Å². The van der Waals surface area contributed by atoms with Gasteiger partial charge in [-0.1, -0.05) is 12.1 Å². The van der Waals surface area contributed by atoms with Crippen LogP contribution >= 0.6 is 0 Å². The summed E-state index contributed by atoms with van der Waals surface area (Å²) in [6.45, 7) is 9.23. The van der Waals surface area contributed by atoms with Gasteiger partial charge in [0.1, 0.15) is 6.61 Å². The summed E-state index contributed by atoms with van der Waals surface area (Å²) in [7, 11) is 1.31. The number of carbonyl (C=O) groups is 3. The van der Waals surface area contributed by atoms with Crippen LogP contribution in [0.25, 0.3) is 0 Å². The Balaban J connectivity index is 1.17. The van der Waals surface area contributed by atoms with Crippen molar-refractivity contribution in [1.82, 2.24) is 4.90 Å². The van der Waals surface area contributed by atoms with Crippen molar-refractivity contribution < 1.29 is 71.2 Å². The molecule has 16 heteroatoms. The minimum Gasteiger partial charge on any atom is -0.467 e. The highest BCUT2D eigenvalue weighted by Crippen LogP contribution is 2.21. The Kier molecular flexibility index (Phi) is 26.3. The Bertz CT molecular complexity index is 964. The number of amides is 2. The van der Waals surface area contributed by atoms with Gasteiger partial charge in [0.05, 0.1) is 164 Å². The fourth-order valence-electron chi connectivity index (χ4n) is 4.01. The molecule has 0 aliphatic carbocycles. The fraction of sp³-hybridized carbons (Fsp3) is 0.727. The predicted octanol–water partition coefficient (Wildman–Crippen LogP) is 0.638. The van der Waals surface area contributed by atoms with Crippen LogP contribution in [0.2, 0.25) is 0 Å². The van der Waals surface area contributed by atoms with Crippen LogP contribution in [0.15, 0.2) is 24.3 Å². The maximum atomic E-state index is 12.3. The SMILES string of the molecule is COC(=O)COCCOCCOCCOCCOCCOCCOCCOCCOCCOCCOCCN1C(=O)c2ccccc2C1=O. The minimum atomic E-state index is -0.414. The van der Waals surface area contributed by atoms with E-state index in [2.05, 4.69) is 4.74 Å². The second-order valence-electron chi connectivity index (χ2n) is 10.1. The van der Waals surface area contributed by atoms with Gasteiger partial charge in [0.15, 0.2) is 0 Å². The van der Waals surface area contributed by atoms with E-state index in [0.717, 1.165) is 0 Å². The molecule has 0 aromatic heterocycles. The average Bonchev–Trinajstić information content (AvgIpc) is 3.36. The first-order valence-corrected chi connectivity index (χ1v) is 16.5. The second kappa shape index (κ2) is 30.2. The molecule has 280 valence electrons. The molecule has 1 aromatic carbocycles. The largest absolute Gasteiger partial charge is 0.467 e. The Morgan fingerprint density at radius 1 is 0.449 bits per heavy atom. The summed E-state index contributed by atoms with van der Waals surface area (Å²) in [5.41, 5.74) is 0.876. The summed E-state index contributed by atoms with van der Waals surface area (Å²) in [4.78, 5) is 36.7. The number of imide groups is 1. The number of rotatable bonds is 35. The van der Waals surface area contributed by atoms with Crippen molar-refractivity contribution in [3.63, 3.8) is 0 Å². The molecule has 0 saturated carbocycles. The van der Waals surface area contributed by atoms with Crippen molar-refractivity contribution in [1.29, 1.82) is 0 Å². The first-order chi connectivity index (χ1) is 24.1. The van der Waals surface area contributed by atoms with Gasteiger partial charge in [-0.15, -0.1) is 0 Å². The van der Waals surface area contributed by atoms with Crippen LogP contribution in [0, 0.1) is 0 Å². The third-order valence-corrected chi connectivity index (χ3v) is 6.51. The van der Waals surface area contributed by atoms with Crippen molar-refractivity contribution >= 4 is 17.8 Å². The van der Waals surface area contributed by atoms with E-state index in [9.17, 15) is 14.4 Å². The lowest BCUT2D eigenvalue weighted by molar-refractivity contribution is -0.146. The number of ether oxygens (including phenoxy) is 12. The van der Waals surface area contributed by atoms with E-state index in [0.29, 0.717) is 143 Å². The molecule has 0 unspecified atom stereocenters. The summed E-state index contributed by atoms with van der Waals surface area (Å²) >= 11 is 0. The molecular weight excluding hydrogens is 650 g/mol. The summed E-state index contributed by atoms with van der Waals surface area (Å²) in [5, 5.41) is 0. The summed E-state index contributed by atoms with van der Waals surface area (Å²) < 4.78 is 63.9. The molecule has 1 aliphatic rings. The zero-order valence-corrected chi connectivity index (χ0v) is 28.6. The fourth-order valence-corrected chi connectivity index (χ4v) is 4.01. The predicted molar refractivity (Wildman–Crippen MR) is 173 cm³/mol. The van der Waals surface area contributed by atoms with Crippen LogP contribution in [0.5, 0.6) is 0 Å². The molecule has 2 amide bonds. The van der Waals surface area contributed by atoms with Gasteiger partial charge in [-0.25, -0.2) is 4.79 Å². The number of fused-ring (bicyclic) bond motifs is 1. The van der Waals surface area contributed by atoms with Gasteiger partial charge in [0, 0.05) is 0 Å². The minimum absolute atomic E-state index is 0.0775. The number of nitrogens with zero attached hydrogens (tertiary/aromatic N) is 1. The molecule has 16 nitrogen and oxygen atoms in total. The van der Waals surface area contributed by atoms with Crippen LogP contribution in [-0.4, -0.2) is 182 Å². The molecule has 1 heterocycles. The molecule has 0 atom stereocenters. The zero-order valence-electron chi connectivity index (χ0n) is 28.6. The van der Waals surface area contributed by atoms with Crippen molar-refractivity contribution in [3.05, 3.63) is 35.4 Å². The normalized spacial score (nSPS) is 12.6. The third-order valence-electron chi connectivity index (χ3n) is 6.51. The average molecular weight is 704 g/mol. The number of carbonyl (C=O) groups excluding carboxylic acids is 3. The number of benzene rings is 1. The molecule has 0 bridgehead atoms. The van der Waals surface area contributed by atoms with E-state index in [1.54, 1.807) is 24.3 Å². The molecule has 0 radical (unpaired) electrons.